The summed E-state index contributed by atoms with van der Waals surface area (Å²) in [5.74, 6) is 1.30. The minimum atomic E-state index is 0.0697. The Morgan fingerprint density at radius 2 is 2.12 bits per heavy atom. The summed E-state index contributed by atoms with van der Waals surface area (Å²) in [5, 5.41) is 7.35. The van der Waals surface area contributed by atoms with Gasteiger partial charge in [0.15, 0.2) is 0 Å². The molecule has 0 radical (unpaired) electrons. The van der Waals surface area contributed by atoms with Gasteiger partial charge in [0.2, 0.25) is 0 Å². The number of hydrogen-bond donors (Lipinski definition) is 1. The van der Waals surface area contributed by atoms with Crippen molar-refractivity contribution in [3.63, 3.8) is 0 Å². The third kappa shape index (κ3) is 3.17. The lowest BCUT2D eigenvalue weighted by atomic mass is 9.90. The van der Waals surface area contributed by atoms with Gasteiger partial charge in [-0.15, -0.1) is 0 Å². The number of piperidine rings is 1. The van der Waals surface area contributed by atoms with E-state index in [9.17, 15) is 4.79 Å². The number of nitrogens with one attached hydrogen (secondary N) is 1. The molecule has 2 aliphatic heterocycles. The number of amides is 1. The number of rotatable bonds is 3. The number of aromatic amines is 1. The number of nitrogens with zero attached hydrogens (tertiary/aromatic N) is 2. The zero-order valence-electron chi connectivity index (χ0n) is 14.9. The summed E-state index contributed by atoms with van der Waals surface area (Å²) in [6.07, 6.45) is 10.1. The number of aryl methyl sites for hydroxylation is 1. The molecule has 0 aliphatic carbocycles. The van der Waals surface area contributed by atoms with Crippen molar-refractivity contribution in [3.05, 3.63) is 65.2 Å². The monoisotopic (exact) mass is 349 g/mol. The van der Waals surface area contributed by atoms with Crippen molar-refractivity contribution < 1.29 is 9.53 Å². The van der Waals surface area contributed by atoms with Crippen LogP contribution in [0, 0.1) is 0 Å². The lowest BCUT2D eigenvalue weighted by Gasteiger charge is -2.32. The average molecular weight is 349 g/mol. The van der Waals surface area contributed by atoms with Crippen molar-refractivity contribution in [3.8, 4) is 5.75 Å². The predicted octanol–water partition coefficient (Wildman–Crippen LogP) is 3.67. The second-order valence-corrected chi connectivity index (χ2v) is 6.79. The van der Waals surface area contributed by atoms with Gasteiger partial charge in [0.25, 0.3) is 5.91 Å². The summed E-state index contributed by atoms with van der Waals surface area (Å²) >= 11 is 0. The fourth-order valence-corrected chi connectivity index (χ4v) is 3.75. The molecule has 1 aromatic heterocycles. The molecule has 0 unspecified atom stereocenters. The first-order valence-electron chi connectivity index (χ1n) is 9.21. The molecule has 5 nitrogen and oxygen atoms in total. The van der Waals surface area contributed by atoms with Crippen molar-refractivity contribution >= 4 is 12.0 Å². The van der Waals surface area contributed by atoms with E-state index in [2.05, 4.69) is 17.1 Å². The van der Waals surface area contributed by atoms with Gasteiger partial charge in [-0.2, -0.15) is 5.10 Å². The number of H-pyrrole nitrogens is 1. The number of fused-ring (bicyclic) bond motifs is 1. The van der Waals surface area contributed by atoms with E-state index in [1.807, 2.05) is 41.4 Å². The molecule has 0 bridgehead atoms. The van der Waals surface area contributed by atoms with Gasteiger partial charge < -0.3 is 9.64 Å². The summed E-state index contributed by atoms with van der Waals surface area (Å²) < 4.78 is 5.59. The summed E-state index contributed by atoms with van der Waals surface area (Å²) in [7, 11) is 0. The van der Waals surface area contributed by atoms with Crippen LogP contribution in [0.4, 0.5) is 0 Å². The molecule has 1 amide bonds. The number of likely N-dealkylation sites (tertiary alicyclic amines) is 1. The fourth-order valence-electron chi connectivity index (χ4n) is 3.75. The number of carbonyl (C=O) groups excluding carboxylic acids is 1. The lowest BCUT2D eigenvalue weighted by Crippen LogP contribution is -2.38. The van der Waals surface area contributed by atoms with Crippen LogP contribution in [0.25, 0.3) is 6.08 Å². The van der Waals surface area contributed by atoms with E-state index in [0.717, 1.165) is 43.7 Å². The Hall–Kier alpha value is -2.82. The normalized spacial score (nSPS) is 17.3. The molecule has 5 heteroatoms. The van der Waals surface area contributed by atoms with Crippen molar-refractivity contribution in [2.75, 3.05) is 13.1 Å². The summed E-state index contributed by atoms with van der Waals surface area (Å²) in [5.41, 5.74) is 4.14. The Morgan fingerprint density at radius 3 is 2.92 bits per heavy atom. The number of ether oxygens (including phenoxy) is 1. The number of aromatic nitrogens is 2. The van der Waals surface area contributed by atoms with Crippen LogP contribution in [-0.4, -0.2) is 34.1 Å². The molecule has 134 valence electrons. The first-order chi connectivity index (χ1) is 12.8. The smallest absolute Gasteiger partial charge is 0.253 e. The van der Waals surface area contributed by atoms with E-state index in [1.54, 1.807) is 12.3 Å². The molecule has 26 heavy (non-hydrogen) atoms. The zero-order valence-corrected chi connectivity index (χ0v) is 14.9. The standard InChI is InChI=1S/C21H23N3O2/c1-2-15-14-22-23-20(15)16-7-10-24(11-8-16)21(25)18-9-12-26-19-6-4-3-5-17(19)13-18/h3-6,9,12-14,16H,2,7-8,10-11H2,1H3,(H,22,23). The summed E-state index contributed by atoms with van der Waals surface area (Å²) in [6, 6.07) is 7.75. The number of benzene rings is 1. The maximum atomic E-state index is 13.0. The van der Waals surface area contributed by atoms with Crippen LogP contribution in [0.1, 0.15) is 42.5 Å². The quantitative estimate of drug-likeness (QED) is 0.920. The van der Waals surface area contributed by atoms with Gasteiger partial charge >= 0.3 is 0 Å². The van der Waals surface area contributed by atoms with Gasteiger partial charge in [0.1, 0.15) is 5.75 Å². The predicted molar refractivity (Wildman–Crippen MR) is 101 cm³/mol. The molecule has 0 spiro atoms. The number of carbonyl (C=O) groups is 1. The molecule has 1 N–H and O–H groups in total. The van der Waals surface area contributed by atoms with Crippen LogP contribution < -0.4 is 4.74 Å². The highest BCUT2D eigenvalue weighted by Gasteiger charge is 2.27. The molecule has 0 atom stereocenters. The van der Waals surface area contributed by atoms with E-state index in [0.29, 0.717) is 11.5 Å². The maximum Gasteiger partial charge on any atom is 0.253 e. The van der Waals surface area contributed by atoms with Crippen LogP contribution in [0.2, 0.25) is 0 Å². The van der Waals surface area contributed by atoms with Gasteiger partial charge in [-0.25, -0.2) is 0 Å². The molecule has 0 saturated carbocycles. The zero-order chi connectivity index (χ0) is 17.9. The van der Waals surface area contributed by atoms with Crippen molar-refractivity contribution in [1.82, 2.24) is 15.1 Å². The van der Waals surface area contributed by atoms with E-state index in [4.69, 9.17) is 4.74 Å². The molecule has 3 heterocycles. The van der Waals surface area contributed by atoms with Crippen LogP contribution in [0.3, 0.4) is 0 Å². The van der Waals surface area contributed by atoms with Crippen molar-refractivity contribution in [2.24, 2.45) is 0 Å². The van der Waals surface area contributed by atoms with Gasteiger partial charge in [-0.05, 0) is 43.0 Å². The third-order valence-electron chi connectivity index (χ3n) is 5.24. The Kier molecular flexibility index (Phi) is 4.61. The Morgan fingerprint density at radius 1 is 1.31 bits per heavy atom. The lowest BCUT2D eigenvalue weighted by molar-refractivity contribution is -0.127. The second kappa shape index (κ2) is 7.20. The first-order valence-corrected chi connectivity index (χ1v) is 9.21. The Balaban J connectivity index is 1.46. The minimum absolute atomic E-state index is 0.0697. The molecular weight excluding hydrogens is 326 g/mol. The van der Waals surface area contributed by atoms with Crippen LogP contribution in [0.15, 0.2) is 48.4 Å². The van der Waals surface area contributed by atoms with E-state index in [1.165, 1.54) is 11.3 Å². The molecule has 2 aromatic rings. The largest absolute Gasteiger partial charge is 0.464 e. The van der Waals surface area contributed by atoms with Gasteiger partial charge in [0.05, 0.1) is 12.5 Å². The molecule has 1 aromatic carbocycles. The second-order valence-electron chi connectivity index (χ2n) is 6.79. The highest BCUT2D eigenvalue weighted by Crippen LogP contribution is 2.30. The van der Waals surface area contributed by atoms with Crippen molar-refractivity contribution in [1.29, 1.82) is 0 Å². The molecule has 1 saturated heterocycles. The highest BCUT2D eigenvalue weighted by atomic mass is 16.5. The van der Waals surface area contributed by atoms with E-state index in [-0.39, 0.29) is 5.91 Å². The van der Waals surface area contributed by atoms with E-state index >= 15 is 0 Å². The van der Waals surface area contributed by atoms with Crippen LogP contribution in [-0.2, 0) is 11.2 Å². The van der Waals surface area contributed by atoms with Crippen molar-refractivity contribution in [2.45, 2.75) is 32.1 Å². The third-order valence-corrected chi connectivity index (χ3v) is 5.24. The molecular formula is C21H23N3O2. The SMILES string of the molecule is CCc1cn[nH]c1C1CCN(C(=O)C2=Cc3ccccc3OC=C2)CC1. The van der Waals surface area contributed by atoms with Gasteiger partial charge in [-0.1, -0.05) is 25.1 Å². The fraction of sp³-hybridized carbons (Fsp3) is 0.333. The molecule has 1 fully saturated rings. The van der Waals surface area contributed by atoms with Crippen LogP contribution >= 0.6 is 0 Å². The Bertz CT molecular complexity index is 858. The van der Waals surface area contributed by atoms with Crippen LogP contribution in [0.5, 0.6) is 5.75 Å². The number of para-hydroxylation sites is 1. The number of hydrogen-bond acceptors (Lipinski definition) is 3. The summed E-state index contributed by atoms with van der Waals surface area (Å²) in [4.78, 5) is 14.9. The molecule has 4 rings (SSSR count). The Labute approximate surface area is 153 Å². The molecule has 2 aliphatic rings. The topological polar surface area (TPSA) is 58.2 Å². The maximum absolute atomic E-state index is 13.0. The first kappa shape index (κ1) is 16.6. The average Bonchev–Trinajstić information content (AvgIpc) is 3.06. The highest BCUT2D eigenvalue weighted by molar-refractivity contribution is 6.01. The minimum Gasteiger partial charge on any atom is -0.464 e. The van der Waals surface area contributed by atoms with Gasteiger partial charge in [0, 0.05) is 35.8 Å². The van der Waals surface area contributed by atoms with Gasteiger partial charge in [-0.3, -0.25) is 9.89 Å². The summed E-state index contributed by atoms with van der Waals surface area (Å²) in [6.45, 7) is 3.68. The van der Waals surface area contributed by atoms with E-state index < -0.39 is 0 Å².